The number of amides is 1. The molecule has 0 saturated heterocycles. The van der Waals surface area contributed by atoms with Crippen molar-refractivity contribution in [1.29, 1.82) is 0 Å². The minimum absolute atomic E-state index is 0.00413. The van der Waals surface area contributed by atoms with E-state index in [1.165, 1.54) is 38.1 Å². The molecule has 0 aliphatic heterocycles. The molecule has 0 aliphatic rings. The molecular weight excluding hydrogens is 491 g/mol. The van der Waals surface area contributed by atoms with E-state index in [1.807, 2.05) is 12.1 Å². The van der Waals surface area contributed by atoms with Crippen LogP contribution in [0.4, 0.5) is 0 Å². The first-order valence-corrected chi connectivity index (χ1v) is 11.5. The van der Waals surface area contributed by atoms with E-state index in [2.05, 4.69) is 36.5 Å². The third-order valence-corrected chi connectivity index (χ3v) is 5.79. The van der Waals surface area contributed by atoms with Gasteiger partial charge in [0.1, 0.15) is 12.4 Å². The Hall–Kier alpha value is -3.42. The molecule has 3 rings (SSSR count). The summed E-state index contributed by atoms with van der Waals surface area (Å²) >= 11 is 11.9. The second-order valence-corrected chi connectivity index (χ2v) is 8.74. The Labute approximate surface area is 214 Å². The molecule has 1 amide bonds. The topological polar surface area (TPSA) is 89.4 Å². The number of ether oxygens (including phenoxy) is 3. The normalized spacial score (nSPS) is 11.1. The highest BCUT2D eigenvalue weighted by Gasteiger charge is 2.15. The van der Waals surface area contributed by atoms with E-state index in [9.17, 15) is 9.90 Å². The zero-order chi connectivity index (χ0) is 25.5. The zero-order valence-corrected chi connectivity index (χ0v) is 21.3. The standard InChI is InChI=1S/C26H26Cl2N2O5/c1-15(2)18-7-5-16(6-8-18)14-35-25-23(33-3)9-17(10-24(25)34-4)13-29-30-26(32)19-11-21(28)22(31)12-20(19)27/h5-13,15,31H,14H2,1-4H3,(H,30,32)/b29-13+. The van der Waals surface area contributed by atoms with E-state index in [0.29, 0.717) is 35.3 Å². The first-order chi connectivity index (χ1) is 16.7. The molecule has 0 saturated carbocycles. The van der Waals surface area contributed by atoms with Crippen LogP contribution in [0.1, 0.15) is 46.8 Å². The molecule has 0 atom stereocenters. The Morgan fingerprint density at radius 1 is 1.03 bits per heavy atom. The monoisotopic (exact) mass is 516 g/mol. The third-order valence-electron chi connectivity index (χ3n) is 5.17. The van der Waals surface area contributed by atoms with Crippen molar-refractivity contribution in [2.24, 2.45) is 5.10 Å². The van der Waals surface area contributed by atoms with Gasteiger partial charge >= 0.3 is 0 Å². The van der Waals surface area contributed by atoms with Gasteiger partial charge in [-0.15, -0.1) is 0 Å². The van der Waals surface area contributed by atoms with Crippen molar-refractivity contribution in [3.8, 4) is 23.0 Å². The number of aromatic hydroxyl groups is 1. The summed E-state index contributed by atoms with van der Waals surface area (Å²) in [5.74, 6) is 1.00. The molecule has 0 fully saturated rings. The second kappa shape index (κ2) is 11.8. The molecule has 3 aromatic rings. The number of nitrogens with zero attached hydrogens (tertiary/aromatic N) is 1. The Balaban J connectivity index is 1.74. The highest BCUT2D eigenvalue weighted by atomic mass is 35.5. The molecule has 3 aromatic carbocycles. The molecule has 2 N–H and O–H groups in total. The minimum atomic E-state index is -0.587. The number of carbonyl (C=O) groups excluding carboxylic acids is 1. The minimum Gasteiger partial charge on any atom is -0.506 e. The van der Waals surface area contributed by atoms with E-state index in [1.54, 1.807) is 12.1 Å². The number of nitrogens with one attached hydrogen (secondary N) is 1. The van der Waals surface area contributed by atoms with Gasteiger partial charge in [0, 0.05) is 11.6 Å². The van der Waals surface area contributed by atoms with Crippen molar-refractivity contribution < 1.29 is 24.1 Å². The van der Waals surface area contributed by atoms with E-state index >= 15 is 0 Å². The van der Waals surface area contributed by atoms with E-state index in [0.717, 1.165) is 5.56 Å². The summed E-state index contributed by atoms with van der Waals surface area (Å²) in [7, 11) is 3.05. The lowest BCUT2D eigenvalue weighted by Crippen LogP contribution is -2.18. The molecule has 0 heterocycles. The van der Waals surface area contributed by atoms with Gasteiger partial charge in [-0.25, -0.2) is 5.43 Å². The number of benzene rings is 3. The van der Waals surface area contributed by atoms with Crippen molar-refractivity contribution in [3.63, 3.8) is 0 Å². The van der Waals surface area contributed by atoms with E-state index in [-0.39, 0.29) is 21.4 Å². The molecule has 0 aliphatic carbocycles. The quantitative estimate of drug-likeness (QED) is 0.261. The lowest BCUT2D eigenvalue weighted by molar-refractivity contribution is 0.0955. The van der Waals surface area contributed by atoms with Gasteiger partial charge in [-0.05, 0) is 35.2 Å². The second-order valence-electron chi connectivity index (χ2n) is 7.92. The SMILES string of the molecule is COc1cc(/C=N/NC(=O)c2cc(Cl)c(O)cc2Cl)cc(OC)c1OCc1ccc(C(C)C)cc1. The molecule has 184 valence electrons. The van der Waals surface area contributed by atoms with Gasteiger partial charge in [-0.1, -0.05) is 61.3 Å². The fraction of sp³-hybridized carbons (Fsp3) is 0.231. The number of hydrogen-bond donors (Lipinski definition) is 2. The Morgan fingerprint density at radius 3 is 2.23 bits per heavy atom. The third kappa shape index (κ3) is 6.59. The fourth-order valence-electron chi connectivity index (χ4n) is 3.21. The summed E-state index contributed by atoms with van der Waals surface area (Å²) in [6.45, 7) is 4.63. The van der Waals surface area contributed by atoms with E-state index in [4.69, 9.17) is 37.4 Å². The van der Waals surface area contributed by atoms with Crippen molar-refractivity contribution in [3.05, 3.63) is 80.8 Å². The van der Waals surface area contributed by atoms with Gasteiger partial charge in [0.2, 0.25) is 5.75 Å². The van der Waals surface area contributed by atoms with Crippen molar-refractivity contribution in [2.75, 3.05) is 14.2 Å². The number of rotatable bonds is 9. The summed E-state index contributed by atoms with van der Waals surface area (Å²) in [4.78, 5) is 12.4. The molecule has 35 heavy (non-hydrogen) atoms. The highest BCUT2D eigenvalue weighted by molar-refractivity contribution is 6.36. The highest BCUT2D eigenvalue weighted by Crippen LogP contribution is 2.39. The Kier molecular flexibility index (Phi) is 8.84. The molecule has 9 heteroatoms. The maximum atomic E-state index is 12.4. The van der Waals surface area contributed by atoms with Crippen LogP contribution >= 0.6 is 23.2 Å². The first kappa shape index (κ1) is 26.2. The number of carbonyl (C=O) groups is 1. The predicted molar refractivity (Wildman–Crippen MR) is 138 cm³/mol. The lowest BCUT2D eigenvalue weighted by atomic mass is 10.0. The summed E-state index contributed by atoms with van der Waals surface area (Å²) < 4.78 is 17.0. The van der Waals surface area contributed by atoms with Gasteiger partial charge in [-0.3, -0.25) is 4.79 Å². The van der Waals surface area contributed by atoms with Gasteiger partial charge < -0.3 is 19.3 Å². The zero-order valence-electron chi connectivity index (χ0n) is 19.8. The maximum Gasteiger partial charge on any atom is 0.272 e. The van der Waals surface area contributed by atoms with Gasteiger partial charge in [0.05, 0.1) is 36.0 Å². The van der Waals surface area contributed by atoms with Crippen molar-refractivity contribution in [1.82, 2.24) is 5.43 Å². The van der Waals surface area contributed by atoms with Crippen LogP contribution < -0.4 is 19.6 Å². The lowest BCUT2D eigenvalue weighted by Gasteiger charge is -2.15. The van der Waals surface area contributed by atoms with Crippen molar-refractivity contribution in [2.45, 2.75) is 26.4 Å². The predicted octanol–water partition coefficient (Wildman–Crippen LogP) is 6.18. The average Bonchev–Trinajstić information content (AvgIpc) is 2.84. The average molecular weight is 517 g/mol. The van der Waals surface area contributed by atoms with Crippen LogP contribution in [0, 0.1) is 0 Å². The Bertz CT molecular complexity index is 1200. The van der Waals surface area contributed by atoms with Gasteiger partial charge in [0.15, 0.2) is 11.5 Å². The molecular formula is C26H26Cl2N2O5. The largest absolute Gasteiger partial charge is 0.506 e. The van der Waals surface area contributed by atoms with Crippen LogP contribution in [0.2, 0.25) is 10.0 Å². The fourth-order valence-corrected chi connectivity index (χ4v) is 3.61. The van der Waals surface area contributed by atoms with Crippen LogP contribution in [0.15, 0.2) is 53.6 Å². The van der Waals surface area contributed by atoms with Crippen molar-refractivity contribution >= 4 is 35.3 Å². The summed E-state index contributed by atoms with van der Waals surface area (Å²) in [5.41, 5.74) is 5.33. The van der Waals surface area contributed by atoms with Crippen LogP contribution in [0.3, 0.4) is 0 Å². The van der Waals surface area contributed by atoms with Crippen LogP contribution in [-0.2, 0) is 6.61 Å². The number of methoxy groups -OCH3 is 2. The number of phenolic OH excluding ortho intramolecular Hbond substituents is 1. The molecule has 0 aromatic heterocycles. The molecule has 0 unspecified atom stereocenters. The van der Waals surface area contributed by atoms with Crippen LogP contribution in [0.25, 0.3) is 0 Å². The Morgan fingerprint density at radius 2 is 1.66 bits per heavy atom. The number of hydrazone groups is 1. The van der Waals surface area contributed by atoms with Crippen LogP contribution in [0.5, 0.6) is 23.0 Å². The molecule has 7 nitrogen and oxygen atoms in total. The number of hydrogen-bond acceptors (Lipinski definition) is 6. The molecule has 0 radical (unpaired) electrons. The summed E-state index contributed by atoms with van der Waals surface area (Å²) in [6.07, 6.45) is 1.42. The number of halogens is 2. The van der Waals surface area contributed by atoms with Crippen LogP contribution in [-0.4, -0.2) is 31.4 Å². The van der Waals surface area contributed by atoms with E-state index < -0.39 is 5.91 Å². The number of phenols is 1. The van der Waals surface area contributed by atoms with Gasteiger partial charge in [-0.2, -0.15) is 5.10 Å². The first-order valence-electron chi connectivity index (χ1n) is 10.7. The molecule has 0 bridgehead atoms. The summed E-state index contributed by atoms with van der Waals surface area (Å²) in [5, 5.41) is 13.6. The smallest absolute Gasteiger partial charge is 0.272 e. The van der Waals surface area contributed by atoms with Gasteiger partial charge in [0.25, 0.3) is 5.91 Å². The maximum absolute atomic E-state index is 12.4. The molecule has 0 spiro atoms. The summed E-state index contributed by atoms with van der Waals surface area (Å²) in [6, 6.07) is 14.1.